The number of hydrogen-bond acceptors (Lipinski definition) is 6. The van der Waals surface area contributed by atoms with Crippen molar-refractivity contribution in [3.63, 3.8) is 0 Å². The van der Waals surface area contributed by atoms with Crippen molar-refractivity contribution in [2.24, 2.45) is 10.7 Å². The molecule has 2 aromatic rings. The Hall–Kier alpha value is -2.56. The van der Waals surface area contributed by atoms with Crippen molar-refractivity contribution in [1.29, 1.82) is 0 Å². The number of ether oxygens (including phenoxy) is 1. The van der Waals surface area contributed by atoms with Gasteiger partial charge >= 0.3 is 6.18 Å². The molecule has 0 aliphatic carbocycles. The van der Waals surface area contributed by atoms with Crippen LogP contribution in [0.3, 0.4) is 0 Å². The standard InChI is InChI=1S/C22H22Cl2F3N5O2/c1-21(10-17(33)32(20(28)31-21)13-5-7-34-8-6-13)14-3-2-4-15(18(14)23)30-16-9-12(22(25,26)27)11-29-19(16)24/h2-4,9,11,13,30H,5-8,10H2,1H3,(H2,28,31)/t21-/m0/s1. The summed E-state index contributed by atoms with van der Waals surface area (Å²) >= 11 is 12.7. The molecule has 3 heterocycles. The Bertz CT molecular complexity index is 1140. The van der Waals surface area contributed by atoms with Gasteiger partial charge in [-0.3, -0.25) is 9.69 Å². The summed E-state index contributed by atoms with van der Waals surface area (Å²) in [5.74, 6) is -0.0772. The van der Waals surface area contributed by atoms with E-state index < -0.39 is 17.3 Å². The molecule has 0 radical (unpaired) electrons. The fourth-order valence-corrected chi connectivity index (χ4v) is 4.75. The number of carbonyl (C=O) groups is 1. The summed E-state index contributed by atoms with van der Waals surface area (Å²) in [7, 11) is 0. The molecule has 0 unspecified atom stereocenters. The summed E-state index contributed by atoms with van der Waals surface area (Å²) in [6.07, 6.45) is -2.56. The average molecular weight is 516 g/mol. The Morgan fingerprint density at radius 2 is 1.94 bits per heavy atom. The summed E-state index contributed by atoms with van der Waals surface area (Å²) in [6, 6.07) is 5.72. The Morgan fingerprint density at radius 3 is 2.59 bits per heavy atom. The third kappa shape index (κ3) is 4.80. The van der Waals surface area contributed by atoms with Crippen LogP contribution >= 0.6 is 23.2 Å². The van der Waals surface area contributed by atoms with Crippen molar-refractivity contribution < 1.29 is 22.7 Å². The van der Waals surface area contributed by atoms with Gasteiger partial charge in [0.25, 0.3) is 0 Å². The van der Waals surface area contributed by atoms with Crippen molar-refractivity contribution in [3.8, 4) is 0 Å². The molecule has 0 saturated carbocycles. The number of aliphatic imine (C=N–C) groups is 1. The highest BCUT2D eigenvalue weighted by atomic mass is 35.5. The van der Waals surface area contributed by atoms with Crippen LogP contribution in [0.15, 0.2) is 35.5 Å². The number of amides is 1. The molecule has 2 aliphatic heterocycles. The number of anilines is 2. The lowest BCUT2D eigenvalue weighted by Crippen LogP contribution is -2.55. The highest BCUT2D eigenvalue weighted by Gasteiger charge is 2.41. The summed E-state index contributed by atoms with van der Waals surface area (Å²) < 4.78 is 44.7. The number of guanidine groups is 1. The van der Waals surface area contributed by atoms with E-state index in [9.17, 15) is 18.0 Å². The molecule has 1 fully saturated rings. The number of aromatic nitrogens is 1. The van der Waals surface area contributed by atoms with E-state index in [2.05, 4.69) is 15.3 Å². The van der Waals surface area contributed by atoms with Crippen molar-refractivity contribution in [1.82, 2.24) is 9.88 Å². The summed E-state index contributed by atoms with van der Waals surface area (Å²) in [5, 5.41) is 2.85. The van der Waals surface area contributed by atoms with Crippen LogP contribution in [0.1, 0.15) is 37.3 Å². The van der Waals surface area contributed by atoms with Gasteiger partial charge in [0.05, 0.1) is 33.9 Å². The molecular weight excluding hydrogens is 494 g/mol. The maximum absolute atomic E-state index is 13.1. The smallest absolute Gasteiger partial charge is 0.381 e. The van der Waals surface area contributed by atoms with Crippen LogP contribution in [0.25, 0.3) is 0 Å². The minimum absolute atomic E-state index is 0.0279. The first-order valence-electron chi connectivity index (χ1n) is 10.5. The second kappa shape index (κ2) is 9.24. The molecule has 7 nitrogen and oxygen atoms in total. The molecule has 1 amide bonds. The van der Waals surface area contributed by atoms with Gasteiger partial charge in [0.2, 0.25) is 5.91 Å². The zero-order valence-electron chi connectivity index (χ0n) is 18.1. The third-order valence-corrected chi connectivity index (χ3v) is 6.65. The molecule has 1 aromatic carbocycles. The number of pyridine rings is 1. The van der Waals surface area contributed by atoms with E-state index in [1.54, 1.807) is 25.1 Å². The number of benzene rings is 1. The molecule has 12 heteroatoms. The fraction of sp³-hybridized carbons (Fsp3) is 0.409. The monoisotopic (exact) mass is 515 g/mol. The van der Waals surface area contributed by atoms with Crippen LogP contribution in [-0.2, 0) is 21.2 Å². The molecule has 0 spiro atoms. The van der Waals surface area contributed by atoms with E-state index in [-0.39, 0.29) is 45.9 Å². The second-order valence-electron chi connectivity index (χ2n) is 8.38. The van der Waals surface area contributed by atoms with Gasteiger partial charge in [-0.15, -0.1) is 0 Å². The van der Waals surface area contributed by atoms with E-state index >= 15 is 0 Å². The zero-order valence-corrected chi connectivity index (χ0v) is 19.6. The predicted molar refractivity (Wildman–Crippen MR) is 123 cm³/mol. The Kier molecular flexibility index (Phi) is 6.67. The lowest BCUT2D eigenvalue weighted by Gasteiger charge is -2.40. The molecule has 182 valence electrons. The Balaban J connectivity index is 1.66. The topological polar surface area (TPSA) is 92.8 Å². The average Bonchev–Trinajstić information content (AvgIpc) is 2.76. The molecule has 0 bridgehead atoms. The summed E-state index contributed by atoms with van der Waals surface area (Å²) in [6.45, 7) is 2.83. The van der Waals surface area contributed by atoms with Gasteiger partial charge in [-0.1, -0.05) is 35.3 Å². The molecule has 1 saturated heterocycles. The fourth-order valence-electron chi connectivity index (χ4n) is 4.22. The van der Waals surface area contributed by atoms with Gasteiger partial charge in [0, 0.05) is 31.0 Å². The van der Waals surface area contributed by atoms with Gasteiger partial charge in [-0.05, 0) is 31.9 Å². The van der Waals surface area contributed by atoms with Gasteiger partial charge in [0.1, 0.15) is 0 Å². The van der Waals surface area contributed by atoms with Gasteiger partial charge in [0.15, 0.2) is 11.1 Å². The summed E-state index contributed by atoms with van der Waals surface area (Å²) in [4.78, 5) is 22.8. The first-order chi connectivity index (χ1) is 16.0. The molecule has 34 heavy (non-hydrogen) atoms. The van der Waals surface area contributed by atoms with Crippen molar-refractivity contribution in [3.05, 3.63) is 51.8 Å². The van der Waals surface area contributed by atoms with E-state index in [0.717, 1.165) is 6.07 Å². The maximum atomic E-state index is 13.1. The number of hydrogen-bond donors (Lipinski definition) is 2. The van der Waals surface area contributed by atoms with E-state index in [1.807, 2.05) is 0 Å². The van der Waals surface area contributed by atoms with Crippen molar-refractivity contribution in [2.75, 3.05) is 18.5 Å². The van der Waals surface area contributed by atoms with Crippen LogP contribution in [0.4, 0.5) is 24.5 Å². The maximum Gasteiger partial charge on any atom is 0.417 e. The molecule has 2 aliphatic rings. The molecule has 3 N–H and O–H groups in total. The SMILES string of the molecule is C[C@@]1(c2cccc(Nc3cc(C(F)(F)F)cnc3Cl)c2Cl)CC(=O)N(C2CCOCC2)C(N)=N1. The van der Waals surface area contributed by atoms with Crippen molar-refractivity contribution >= 4 is 46.4 Å². The van der Waals surface area contributed by atoms with E-state index in [1.165, 1.54) is 4.90 Å². The lowest BCUT2D eigenvalue weighted by atomic mass is 9.86. The van der Waals surface area contributed by atoms with Gasteiger partial charge in [-0.25, -0.2) is 9.98 Å². The number of nitrogens with zero attached hydrogens (tertiary/aromatic N) is 3. The quantitative estimate of drug-likeness (QED) is 0.553. The third-order valence-electron chi connectivity index (χ3n) is 5.94. The van der Waals surface area contributed by atoms with E-state index in [0.29, 0.717) is 37.8 Å². The van der Waals surface area contributed by atoms with Crippen LogP contribution in [0.5, 0.6) is 0 Å². The largest absolute Gasteiger partial charge is 0.417 e. The first-order valence-corrected chi connectivity index (χ1v) is 11.3. The number of alkyl halides is 3. The zero-order chi connectivity index (χ0) is 24.7. The van der Waals surface area contributed by atoms with Gasteiger partial charge in [-0.2, -0.15) is 13.2 Å². The Labute approximate surface area is 204 Å². The highest BCUT2D eigenvalue weighted by molar-refractivity contribution is 6.35. The van der Waals surface area contributed by atoms with E-state index in [4.69, 9.17) is 33.7 Å². The minimum Gasteiger partial charge on any atom is -0.381 e. The Morgan fingerprint density at radius 1 is 1.24 bits per heavy atom. The lowest BCUT2D eigenvalue weighted by molar-refractivity contribution is -0.137. The van der Waals surface area contributed by atoms with Crippen LogP contribution in [0.2, 0.25) is 10.2 Å². The normalized spacial score (nSPS) is 22.0. The number of halogens is 5. The van der Waals surface area contributed by atoms with Crippen LogP contribution in [-0.4, -0.2) is 41.0 Å². The number of nitrogens with two attached hydrogens (primary N) is 1. The minimum atomic E-state index is -4.59. The number of carbonyl (C=O) groups excluding carboxylic acids is 1. The molecule has 1 aromatic heterocycles. The predicted octanol–water partition coefficient (Wildman–Crippen LogP) is 5.09. The first kappa shape index (κ1) is 24.6. The molecule has 4 rings (SSSR count). The van der Waals surface area contributed by atoms with Crippen molar-refractivity contribution in [2.45, 2.75) is 43.9 Å². The highest BCUT2D eigenvalue weighted by Crippen LogP contribution is 2.42. The molecular formula is C22H22Cl2F3N5O2. The number of nitrogens with one attached hydrogen (secondary N) is 1. The summed E-state index contributed by atoms with van der Waals surface area (Å²) in [5.41, 5.74) is 4.93. The number of rotatable bonds is 4. The van der Waals surface area contributed by atoms with Gasteiger partial charge < -0.3 is 15.8 Å². The second-order valence-corrected chi connectivity index (χ2v) is 9.12. The van der Waals surface area contributed by atoms with Crippen LogP contribution < -0.4 is 11.1 Å². The molecule has 1 atom stereocenters. The van der Waals surface area contributed by atoms with Crippen LogP contribution in [0, 0.1) is 0 Å².